The molecule has 0 spiro atoms. The topological polar surface area (TPSA) is 38.9 Å². The molecule has 0 saturated heterocycles. The van der Waals surface area contributed by atoms with Gasteiger partial charge in [0.1, 0.15) is 0 Å². The largest absolute Gasteiger partial charge is 0.419 e. The third kappa shape index (κ3) is 3.14. The normalized spacial score (nSPS) is 12.5. The van der Waals surface area contributed by atoms with Crippen molar-refractivity contribution >= 4 is 23.1 Å². The summed E-state index contributed by atoms with van der Waals surface area (Å²) in [6.45, 7) is 1.87. The van der Waals surface area contributed by atoms with E-state index >= 15 is 0 Å². The van der Waals surface area contributed by atoms with Crippen molar-refractivity contribution in [3.05, 3.63) is 53.2 Å². The molecular formula is C14H10F2N2OS2. The second kappa shape index (κ2) is 5.95. The molecule has 21 heavy (non-hydrogen) atoms. The van der Waals surface area contributed by atoms with Crippen LogP contribution in [0.25, 0.3) is 10.8 Å². The average molecular weight is 324 g/mol. The highest BCUT2D eigenvalue weighted by molar-refractivity contribution is 7.99. The summed E-state index contributed by atoms with van der Waals surface area (Å²) in [5, 5.41) is 9.78. The van der Waals surface area contributed by atoms with Crippen molar-refractivity contribution in [3.8, 4) is 10.8 Å². The van der Waals surface area contributed by atoms with Crippen LogP contribution in [0.1, 0.15) is 18.1 Å². The third-order valence-electron chi connectivity index (χ3n) is 2.72. The van der Waals surface area contributed by atoms with Crippen LogP contribution >= 0.6 is 23.1 Å². The molecule has 7 heteroatoms. The van der Waals surface area contributed by atoms with Crippen LogP contribution in [0.3, 0.4) is 0 Å². The number of rotatable bonds is 4. The van der Waals surface area contributed by atoms with Crippen LogP contribution in [-0.2, 0) is 0 Å². The summed E-state index contributed by atoms with van der Waals surface area (Å²) in [6.07, 6.45) is 0. The summed E-state index contributed by atoms with van der Waals surface area (Å²) in [5.41, 5.74) is 0. The number of nitrogens with zero attached hydrogens (tertiary/aromatic N) is 2. The fourth-order valence-electron chi connectivity index (χ4n) is 1.70. The van der Waals surface area contributed by atoms with Crippen LogP contribution in [0, 0.1) is 11.6 Å². The van der Waals surface area contributed by atoms with Crippen molar-refractivity contribution in [1.29, 1.82) is 0 Å². The zero-order valence-corrected chi connectivity index (χ0v) is 12.5. The van der Waals surface area contributed by atoms with Crippen molar-refractivity contribution < 1.29 is 13.2 Å². The lowest BCUT2D eigenvalue weighted by Crippen LogP contribution is -1.90. The molecule has 1 unspecified atom stereocenters. The van der Waals surface area contributed by atoms with E-state index in [1.807, 2.05) is 24.4 Å². The lowest BCUT2D eigenvalue weighted by Gasteiger charge is -2.06. The Morgan fingerprint density at radius 2 is 2.05 bits per heavy atom. The smallest absolute Gasteiger partial charge is 0.257 e. The maximum atomic E-state index is 13.2. The Bertz CT molecular complexity index is 743. The summed E-state index contributed by atoms with van der Waals surface area (Å²) >= 11 is 2.84. The van der Waals surface area contributed by atoms with Crippen LogP contribution in [-0.4, -0.2) is 10.2 Å². The number of thiophene rings is 1. The van der Waals surface area contributed by atoms with E-state index in [-0.39, 0.29) is 5.25 Å². The highest BCUT2D eigenvalue weighted by Crippen LogP contribution is 2.36. The molecule has 0 amide bonds. The molecule has 0 bridgehead atoms. The minimum absolute atomic E-state index is 0.156. The monoisotopic (exact) mass is 324 g/mol. The first-order valence-electron chi connectivity index (χ1n) is 6.12. The molecule has 0 N–H and O–H groups in total. The number of benzene rings is 1. The molecule has 3 rings (SSSR count). The minimum Gasteiger partial charge on any atom is -0.419 e. The van der Waals surface area contributed by atoms with Gasteiger partial charge in [0.2, 0.25) is 5.89 Å². The second-order valence-corrected chi connectivity index (χ2v) is 6.62. The average Bonchev–Trinajstić information content (AvgIpc) is 3.12. The van der Waals surface area contributed by atoms with E-state index in [0.717, 1.165) is 17.0 Å². The van der Waals surface area contributed by atoms with Gasteiger partial charge in [-0.1, -0.05) is 6.07 Å². The van der Waals surface area contributed by atoms with Gasteiger partial charge in [-0.05, 0) is 36.6 Å². The molecule has 3 nitrogen and oxygen atoms in total. The lowest BCUT2D eigenvalue weighted by molar-refractivity contribution is 0.504. The van der Waals surface area contributed by atoms with E-state index in [0.29, 0.717) is 16.7 Å². The zero-order chi connectivity index (χ0) is 14.8. The van der Waals surface area contributed by atoms with Gasteiger partial charge in [0.25, 0.3) is 5.89 Å². The van der Waals surface area contributed by atoms with Crippen molar-refractivity contribution in [2.45, 2.75) is 17.1 Å². The van der Waals surface area contributed by atoms with Gasteiger partial charge in [-0.3, -0.25) is 0 Å². The molecule has 0 aliphatic carbocycles. The Balaban J connectivity index is 1.76. The van der Waals surface area contributed by atoms with Crippen LogP contribution < -0.4 is 0 Å². The van der Waals surface area contributed by atoms with E-state index in [9.17, 15) is 8.78 Å². The molecule has 0 aliphatic heterocycles. The van der Waals surface area contributed by atoms with E-state index in [1.165, 1.54) is 29.2 Å². The number of aromatic nitrogens is 2. The third-order valence-corrected chi connectivity index (χ3v) is 4.66. The molecule has 0 aliphatic rings. The lowest BCUT2D eigenvalue weighted by atomic mass is 10.3. The molecule has 2 heterocycles. The van der Waals surface area contributed by atoms with Gasteiger partial charge in [-0.15, -0.1) is 33.3 Å². The summed E-state index contributed by atoms with van der Waals surface area (Å²) in [6, 6.07) is 7.59. The molecular weight excluding hydrogens is 314 g/mol. The van der Waals surface area contributed by atoms with Crippen molar-refractivity contribution in [2.24, 2.45) is 0 Å². The fraction of sp³-hybridized carbons (Fsp3) is 0.143. The van der Waals surface area contributed by atoms with Crippen LogP contribution in [0.15, 0.2) is 45.0 Å². The molecule has 0 radical (unpaired) electrons. The zero-order valence-electron chi connectivity index (χ0n) is 10.9. The molecule has 1 atom stereocenters. The van der Waals surface area contributed by atoms with Crippen LogP contribution in [0.4, 0.5) is 8.78 Å². The van der Waals surface area contributed by atoms with Gasteiger partial charge in [0, 0.05) is 4.90 Å². The Hall–Kier alpha value is -1.73. The maximum absolute atomic E-state index is 13.2. The summed E-state index contributed by atoms with van der Waals surface area (Å²) in [7, 11) is 0. The summed E-state index contributed by atoms with van der Waals surface area (Å²) < 4.78 is 31.7. The predicted molar refractivity (Wildman–Crippen MR) is 78.2 cm³/mol. The summed E-state index contributed by atoms with van der Waals surface area (Å²) in [5.74, 6) is -0.798. The molecule has 2 aromatic heterocycles. The molecule has 1 aromatic carbocycles. The molecule has 108 valence electrons. The second-order valence-electron chi connectivity index (χ2n) is 4.26. The van der Waals surface area contributed by atoms with Gasteiger partial charge in [0.15, 0.2) is 11.6 Å². The quantitative estimate of drug-likeness (QED) is 0.638. The predicted octanol–water partition coefficient (Wildman–Crippen LogP) is 4.93. The number of hydrogen-bond donors (Lipinski definition) is 0. The first-order chi connectivity index (χ1) is 10.1. The maximum Gasteiger partial charge on any atom is 0.257 e. The van der Waals surface area contributed by atoms with Gasteiger partial charge < -0.3 is 4.42 Å². The standard InChI is InChI=1S/C14H10F2N2OS2/c1-8(21-9-4-5-10(15)11(16)7-9)13-17-18-14(19-13)12-3-2-6-20-12/h2-8H,1H3. The van der Waals surface area contributed by atoms with E-state index in [4.69, 9.17) is 4.42 Å². The van der Waals surface area contributed by atoms with Gasteiger partial charge in [-0.2, -0.15) is 0 Å². The van der Waals surface area contributed by atoms with E-state index in [1.54, 1.807) is 0 Å². The van der Waals surface area contributed by atoms with Crippen molar-refractivity contribution in [1.82, 2.24) is 10.2 Å². The van der Waals surface area contributed by atoms with Gasteiger partial charge in [-0.25, -0.2) is 8.78 Å². The van der Waals surface area contributed by atoms with E-state index < -0.39 is 11.6 Å². The number of halogens is 2. The SMILES string of the molecule is CC(Sc1ccc(F)c(F)c1)c1nnc(-c2cccs2)o1. The molecule has 3 aromatic rings. The number of thioether (sulfide) groups is 1. The Kier molecular flexibility index (Phi) is 4.03. The van der Waals surface area contributed by atoms with Crippen molar-refractivity contribution in [3.63, 3.8) is 0 Å². The molecule has 0 saturated carbocycles. The minimum atomic E-state index is -0.864. The highest BCUT2D eigenvalue weighted by Gasteiger charge is 2.17. The fourth-order valence-corrected chi connectivity index (χ4v) is 3.27. The van der Waals surface area contributed by atoms with E-state index in [2.05, 4.69) is 10.2 Å². The first-order valence-corrected chi connectivity index (χ1v) is 7.88. The Labute approximate surface area is 128 Å². The van der Waals surface area contributed by atoms with Gasteiger partial charge >= 0.3 is 0 Å². The Morgan fingerprint density at radius 3 is 2.76 bits per heavy atom. The van der Waals surface area contributed by atoms with Gasteiger partial charge in [0.05, 0.1) is 10.1 Å². The first kappa shape index (κ1) is 14.2. The summed E-state index contributed by atoms with van der Waals surface area (Å²) in [4.78, 5) is 1.51. The van der Waals surface area contributed by atoms with Crippen LogP contribution in [0.5, 0.6) is 0 Å². The van der Waals surface area contributed by atoms with Crippen LogP contribution in [0.2, 0.25) is 0 Å². The van der Waals surface area contributed by atoms with Crippen molar-refractivity contribution in [2.75, 3.05) is 0 Å². The highest BCUT2D eigenvalue weighted by atomic mass is 32.2. The number of hydrogen-bond acceptors (Lipinski definition) is 5. The Morgan fingerprint density at radius 1 is 1.19 bits per heavy atom. The molecule has 0 fully saturated rings.